The smallest absolute Gasteiger partial charge is 0.164 e. The Labute approximate surface area is 326 Å². The summed E-state index contributed by atoms with van der Waals surface area (Å²) >= 11 is 0. The summed E-state index contributed by atoms with van der Waals surface area (Å²) in [4.78, 5) is 15.0. The van der Waals surface area contributed by atoms with E-state index in [9.17, 15) is 0 Å². The molecule has 0 spiro atoms. The number of rotatable bonds is 5. The van der Waals surface area contributed by atoms with Crippen molar-refractivity contribution in [3.05, 3.63) is 188 Å². The zero-order valence-corrected chi connectivity index (χ0v) is 30.5. The standard InChI is InChI=1S/C51H31N5O/c1-3-14-32(15-4-1)49-52-50(33-16-5-2-6-17-33)54-51(53-49)34-18-13-19-35(30-34)55-42-23-10-7-20-37(42)41-31-36(26-28-44(41)55)56-43-24-11-8-22-40(43)47-45(56)29-27-39-38-21-9-12-25-46(38)57-48(39)47/h1-31H. The number of furan rings is 1. The lowest BCUT2D eigenvalue weighted by Crippen LogP contribution is -2.01. The van der Waals surface area contributed by atoms with Crippen molar-refractivity contribution in [3.63, 3.8) is 0 Å². The summed E-state index contributed by atoms with van der Waals surface area (Å²) in [6.07, 6.45) is 0. The molecule has 12 aromatic rings. The van der Waals surface area contributed by atoms with Gasteiger partial charge < -0.3 is 13.6 Å². The third-order valence-electron chi connectivity index (χ3n) is 11.2. The van der Waals surface area contributed by atoms with Crippen LogP contribution in [0.3, 0.4) is 0 Å². The van der Waals surface area contributed by atoms with Gasteiger partial charge in [-0.05, 0) is 60.7 Å². The molecule has 0 saturated carbocycles. The summed E-state index contributed by atoms with van der Waals surface area (Å²) in [6, 6.07) is 65.5. The van der Waals surface area contributed by atoms with Crippen molar-refractivity contribution < 1.29 is 4.42 Å². The number of fused-ring (bicyclic) bond motifs is 10. The van der Waals surface area contributed by atoms with E-state index in [4.69, 9.17) is 19.4 Å². The predicted octanol–water partition coefficient (Wildman–Crippen LogP) is 13.0. The molecule has 4 aromatic heterocycles. The van der Waals surface area contributed by atoms with Gasteiger partial charge in [0.15, 0.2) is 17.5 Å². The lowest BCUT2D eigenvalue weighted by atomic mass is 10.1. The fraction of sp³-hybridized carbons (Fsp3) is 0. The molecule has 57 heavy (non-hydrogen) atoms. The monoisotopic (exact) mass is 729 g/mol. The van der Waals surface area contributed by atoms with Gasteiger partial charge >= 0.3 is 0 Å². The van der Waals surface area contributed by atoms with Crippen LogP contribution >= 0.6 is 0 Å². The molecule has 0 saturated heterocycles. The molecule has 0 aliphatic rings. The van der Waals surface area contributed by atoms with E-state index in [2.05, 4.69) is 124 Å². The van der Waals surface area contributed by atoms with Gasteiger partial charge in [-0.3, -0.25) is 0 Å². The van der Waals surface area contributed by atoms with Crippen LogP contribution in [0.4, 0.5) is 0 Å². The Morgan fingerprint density at radius 3 is 1.60 bits per heavy atom. The van der Waals surface area contributed by atoms with Gasteiger partial charge in [-0.1, -0.05) is 127 Å². The number of hydrogen-bond donors (Lipinski definition) is 0. The number of benzene rings is 8. The van der Waals surface area contributed by atoms with E-state index in [-0.39, 0.29) is 0 Å². The quantitative estimate of drug-likeness (QED) is 0.177. The molecule has 0 radical (unpaired) electrons. The molecule has 12 rings (SSSR count). The maximum absolute atomic E-state index is 6.57. The highest BCUT2D eigenvalue weighted by atomic mass is 16.3. The molecule has 8 aromatic carbocycles. The summed E-state index contributed by atoms with van der Waals surface area (Å²) in [5.41, 5.74) is 11.2. The lowest BCUT2D eigenvalue weighted by molar-refractivity contribution is 0.673. The lowest BCUT2D eigenvalue weighted by Gasteiger charge is -2.12. The second kappa shape index (κ2) is 12.3. The van der Waals surface area contributed by atoms with Gasteiger partial charge in [0.05, 0.1) is 27.5 Å². The van der Waals surface area contributed by atoms with E-state index in [0.717, 1.165) is 77.5 Å². The van der Waals surface area contributed by atoms with E-state index >= 15 is 0 Å². The number of aromatic nitrogens is 5. The first-order chi connectivity index (χ1) is 28.3. The van der Waals surface area contributed by atoms with Crippen LogP contribution in [-0.2, 0) is 0 Å². The maximum atomic E-state index is 6.57. The summed E-state index contributed by atoms with van der Waals surface area (Å²) in [5, 5.41) is 6.91. The van der Waals surface area contributed by atoms with Gasteiger partial charge in [-0.25, -0.2) is 15.0 Å². The molecule has 0 fully saturated rings. The topological polar surface area (TPSA) is 61.7 Å². The first-order valence-corrected chi connectivity index (χ1v) is 19.1. The molecule has 4 heterocycles. The highest BCUT2D eigenvalue weighted by Gasteiger charge is 2.21. The number of nitrogens with zero attached hydrogens (tertiary/aromatic N) is 5. The molecule has 0 amide bonds. The first kappa shape index (κ1) is 31.5. The first-order valence-electron chi connectivity index (χ1n) is 19.1. The summed E-state index contributed by atoms with van der Waals surface area (Å²) in [7, 11) is 0. The van der Waals surface area contributed by atoms with E-state index in [1.165, 1.54) is 16.2 Å². The Balaban J connectivity index is 1.04. The van der Waals surface area contributed by atoms with Crippen LogP contribution in [0.2, 0.25) is 0 Å². The molecule has 0 N–H and O–H groups in total. The van der Waals surface area contributed by atoms with Crippen molar-refractivity contribution in [3.8, 4) is 45.5 Å². The fourth-order valence-corrected chi connectivity index (χ4v) is 8.61. The van der Waals surface area contributed by atoms with E-state index in [1.54, 1.807) is 0 Å². The summed E-state index contributed by atoms with van der Waals surface area (Å²) in [5.74, 6) is 1.90. The average Bonchev–Trinajstić information content (AvgIpc) is 3.94. The third kappa shape index (κ3) is 4.87. The second-order valence-electron chi connectivity index (χ2n) is 14.4. The number of hydrogen-bond acceptors (Lipinski definition) is 4. The Morgan fingerprint density at radius 2 is 0.860 bits per heavy atom. The van der Waals surface area contributed by atoms with Gasteiger partial charge in [0, 0.05) is 55.0 Å². The van der Waals surface area contributed by atoms with Crippen molar-refractivity contribution in [2.24, 2.45) is 0 Å². The summed E-state index contributed by atoms with van der Waals surface area (Å²) < 4.78 is 11.3. The van der Waals surface area contributed by atoms with Crippen molar-refractivity contribution >= 4 is 65.6 Å². The fourth-order valence-electron chi connectivity index (χ4n) is 8.61. The van der Waals surface area contributed by atoms with E-state index in [1.807, 2.05) is 72.8 Å². The van der Waals surface area contributed by atoms with Crippen LogP contribution < -0.4 is 0 Å². The van der Waals surface area contributed by atoms with Crippen LogP contribution in [0.25, 0.3) is 111 Å². The molecule has 6 heteroatoms. The van der Waals surface area contributed by atoms with Crippen molar-refractivity contribution in [1.82, 2.24) is 24.1 Å². The van der Waals surface area contributed by atoms with Gasteiger partial charge in [-0.2, -0.15) is 0 Å². The van der Waals surface area contributed by atoms with Crippen LogP contribution in [0.5, 0.6) is 0 Å². The Kier molecular flexibility index (Phi) is 6.83. The van der Waals surface area contributed by atoms with Crippen LogP contribution in [-0.4, -0.2) is 24.1 Å². The van der Waals surface area contributed by atoms with Crippen molar-refractivity contribution in [2.45, 2.75) is 0 Å². The molecule has 0 bridgehead atoms. The van der Waals surface area contributed by atoms with Crippen LogP contribution in [0.1, 0.15) is 0 Å². The largest absolute Gasteiger partial charge is 0.455 e. The van der Waals surface area contributed by atoms with Crippen LogP contribution in [0.15, 0.2) is 192 Å². The minimum atomic E-state index is 0.623. The molecule has 266 valence electrons. The molecule has 6 nitrogen and oxygen atoms in total. The van der Waals surface area contributed by atoms with Gasteiger partial charge in [0.1, 0.15) is 11.2 Å². The third-order valence-corrected chi connectivity index (χ3v) is 11.2. The zero-order valence-electron chi connectivity index (χ0n) is 30.5. The maximum Gasteiger partial charge on any atom is 0.164 e. The second-order valence-corrected chi connectivity index (χ2v) is 14.4. The van der Waals surface area contributed by atoms with Gasteiger partial charge in [-0.15, -0.1) is 0 Å². The molecule has 0 aliphatic carbocycles. The highest BCUT2D eigenvalue weighted by molar-refractivity contribution is 6.24. The van der Waals surface area contributed by atoms with Gasteiger partial charge in [0.25, 0.3) is 0 Å². The molecular weight excluding hydrogens is 699 g/mol. The van der Waals surface area contributed by atoms with Gasteiger partial charge in [0.2, 0.25) is 0 Å². The molecule has 0 aliphatic heterocycles. The predicted molar refractivity (Wildman–Crippen MR) is 232 cm³/mol. The molecule has 0 atom stereocenters. The Morgan fingerprint density at radius 1 is 0.333 bits per heavy atom. The average molecular weight is 730 g/mol. The Bertz CT molecular complexity index is 3470. The summed E-state index contributed by atoms with van der Waals surface area (Å²) in [6.45, 7) is 0. The van der Waals surface area contributed by atoms with E-state index in [0.29, 0.717) is 17.5 Å². The SMILES string of the molecule is c1ccc(-c2nc(-c3ccccc3)nc(-c3cccc(-n4c5ccccc5c5cc(-n6c7ccccc7c7c8oc9ccccc9c8ccc76)ccc54)c3)n2)cc1. The van der Waals surface area contributed by atoms with E-state index < -0.39 is 0 Å². The normalized spacial score (nSPS) is 11.9. The minimum Gasteiger partial charge on any atom is -0.455 e. The number of para-hydroxylation sites is 3. The molecular formula is C51H31N5O. The minimum absolute atomic E-state index is 0.623. The van der Waals surface area contributed by atoms with Crippen molar-refractivity contribution in [2.75, 3.05) is 0 Å². The van der Waals surface area contributed by atoms with Crippen LogP contribution in [0, 0.1) is 0 Å². The zero-order chi connectivity index (χ0) is 37.5. The van der Waals surface area contributed by atoms with Crippen molar-refractivity contribution in [1.29, 1.82) is 0 Å². The molecule has 0 unspecified atom stereocenters. The Hall–Kier alpha value is -7.83. The highest BCUT2D eigenvalue weighted by Crippen LogP contribution is 2.42.